The van der Waals surface area contributed by atoms with Crippen LogP contribution in [0.1, 0.15) is 52.0 Å². The van der Waals surface area contributed by atoms with E-state index in [2.05, 4.69) is 17.0 Å². The van der Waals surface area contributed by atoms with E-state index >= 15 is 0 Å². The van der Waals surface area contributed by atoms with Crippen molar-refractivity contribution in [3.63, 3.8) is 0 Å². The number of rotatable bonds is 7. The van der Waals surface area contributed by atoms with E-state index in [1.807, 2.05) is 0 Å². The van der Waals surface area contributed by atoms with Crippen molar-refractivity contribution in [3.05, 3.63) is 12.7 Å². The molecule has 3 unspecified atom stereocenters. The van der Waals surface area contributed by atoms with Crippen LogP contribution in [0.25, 0.3) is 0 Å². The van der Waals surface area contributed by atoms with Gasteiger partial charge in [-0.05, 0) is 11.8 Å². The van der Waals surface area contributed by atoms with Crippen molar-refractivity contribution in [1.82, 2.24) is 14.8 Å². The third kappa shape index (κ3) is 3.47. The smallest absolute Gasteiger partial charge is 0.137 e. The number of nitrogens with zero attached hydrogens (tertiary/aromatic N) is 3. The highest BCUT2D eigenvalue weighted by molar-refractivity contribution is 4.93. The zero-order valence-corrected chi connectivity index (χ0v) is 13.5. The van der Waals surface area contributed by atoms with Crippen molar-refractivity contribution in [2.24, 2.45) is 17.3 Å². The van der Waals surface area contributed by atoms with E-state index in [9.17, 15) is 13.9 Å². The molecule has 0 bridgehead atoms. The molecule has 1 fully saturated rings. The number of alkyl halides is 2. The van der Waals surface area contributed by atoms with Gasteiger partial charge in [-0.1, -0.05) is 46.0 Å². The summed E-state index contributed by atoms with van der Waals surface area (Å²) in [4.78, 5) is 3.94. The summed E-state index contributed by atoms with van der Waals surface area (Å²) >= 11 is 0. The van der Waals surface area contributed by atoms with Crippen LogP contribution in [0.4, 0.5) is 8.78 Å². The van der Waals surface area contributed by atoms with Gasteiger partial charge in [-0.2, -0.15) is 5.10 Å². The molecule has 1 aliphatic carbocycles. The molecule has 2 rings (SSSR count). The standard InChI is InChI=1S/C16H27F2N3O/c1-12(13-6-4-3-5-7-13)14(21-11-19-10-20-21)15(22)16(2,8-17)9-18/h10-15,22H,3-9H2,1-2H3. The summed E-state index contributed by atoms with van der Waals surface area (Å²) in [5, 5.41) is 14.9. The molecule has 22 heavy (non-hydrogen) atoms. The Morgan fingerprint density at radius 3 is 2.41 bits per heavy atom. The molecule has 3 atom stereocenters. The molecule has 1 saturated carbocycles. The molecule has 1 N–H and O–H groups in total. The topological polar surface area (TPSA) is 50.9 Å². The molecule has 0 radical (unpaired) electrons. The summed E-state index contributed by atoms with van der Waals surface area (Å²) in [5.41, 5.74) is -1.40. The van der Waals surface area contributed by atoms with Gasteiger partial charge in [-0.3, -0.25) is 8.78 Å². The second-order valence-electron chi connectivity index (χ2n) is 6.99. The third-order valence-electron chi connectivity index (χ3n) is 5.32. The fourth-order valence-corrected chi connectivity index (χ4v) is 3.59. The predicted octanol–water partition coefficient (Wildman–Crippen LogP) is 3.34. The van der Waals surface area contributed by atoms with E-state index in [1.54, 1.807) is 4.68 Å². The lowest BCUT2D eigenvalue weighted by Gasteiger charge is -2.41. The minimum absolute atomic E-state index is 0.0921. The van der Waals surface area contributed by atoms with E-state index in [-0.39, 0.29) is 5.92 Å². The molecule has 6 heteroatoms. The molecule has 0 amide bonds. The predicted molar refractivity (Wildman–Crippen MR) is 80.9 cm³/mol. The van der Waals surface area contributed by atoms with Crippen LogP contribution >= 0.6 is 0 Å². The largest absolute Gasteiger partial charge is 0.390 e. The highest BCUT2D eigenvalue weighted by atomic mass is 19.1. The summed E-state index contributed by atoms with van der Waals surface area (Å²) < 4.78 is 28.3. The van der Waals surface area contributed by atoms with Crippen molar-refractivity contribution in [3.8, 4) is 0 Å². The first kappa shape index (κ1) is 17.3. The Balaban J connectivity index is 2.26. The van der Waals surface area contributed by atoms with Crippen molar-refractivity contribution in [1.29, 1.82) is 0 Å². The maximum absolute atomic E-state index is 13.4. The Bertz CT molecular complexity index is 431. The van der Waals surface area contributed by atoms with E-state index < -0.39 is 30.9 Å². The van der Waals surface area contributed by atoms with Crippen molar-refractivity contribution < 1.29 is 13.9 Å². The fourth-order valence-electron chi connectivity index (χ4n) is 3.59. The van der Waals surface area contributed by atoms with Gasteiger partial charge in [0, 0.05) is 0 Å². The van der Waals surface area contributed by atoms with Gasteiger partial charge >= 0.3 is 0 Å². The number of aliphatic hydroxyl groups is 1. The summed E-state index contributed by atoms with van der Waals surface area (Å²) in [7, 11) is 0. The molecule has 0 aromatic carbocycles. The van der Waals surface area contributed by atoms with Gasteiger partial charge in [0.2, 0.25) is 0 Å². The maximum Gasteiger partial charge on any atom is 0.137 e. The molecule has 0 spiro atoms. The second kappa shape index (κ2) is 7.49. The average molecular weight is 315 g/mol. The zero-order chi connectivity index (χ0) is 16.2. The number of aliphatic hydroxyl groups excluding tert-OH is 1. The van der Waals surface area contributed by atoms with E-state index in [4.69, 9.17) is 0 Å². The maximum atomic E-state index is 13.4. The van der Waals surface area contributed by atoms with Crippen LogP contribution in [0.15, 0.2) is 12.7 Å². The third-order valence-corrected chi connectivity index (χ3v) is 5.32. The van der Waals surface area contributed by atoms with E-state index in [1.165, 1.54) is 38.8 Å². The number of aromatic nitrogens is 3. The van der Waals surface area contributed by atoms with Gasteiger partial charge < -0.3 is 5.11 Å². The van der Waals surface area contributed by atoms with Crippen LogP contribution in [0.5, 0.6) is 0 Å². The molecule has 0 saturated heterocycles. The summed E-state index contributed by atoms with van der Waals surface area (Å²) in [5.74, 6) is 0.537. The molecule has 1 aromatic rings. The van der Waals surface area contributed by atoms with Crippen molar-refractivity contribution in [2.75, 3.05) is 13.3 Å². The highest BCUT2D eigenvalue weighted by Crippen LogP contribution is 2.41. The molecular weight excluding hydrogens is 288 g/mol. The van der Waals surface area contributed by atoms with Crippen LogP contribution < -0.4 is 0 Å². The molecule has 0 aliphatic heterocycles. The SMILES string of the molecule is CC(C1CCCCC1)C(C(O)C(C)(CF)CF)n1cncn1. The first-order valence-corrected chi connectivity index (χ1v) is 8.17. The molecule has 126 valence electrons. The monoisotopic (exact) mass is 315 g/mol. The minimum Gasteiger partial charge on any atom is -0.390 e. The highest BCUT2D eigenvalue weighted by Gasteiger charge is 2.44. The van der Waals surface area contributed by atoms with Crippen molar-refractivity contribution >= 4 is 0 Å². The lowest BCUT2D eigenvalue weighted by atomic mass is 9.72. The molecule has 1 aromatic heterocycles. The number of hydrogen-bond acceptors (Lipinski definition) is 3. The van der Waals surface area contributed by atoms with Crippen LogP contribution in [-0.4, -0.2) is 39.3 Å². The van der Waals surface area contributed by atoms with E-state index in [0.29, 0.717) is 5.92 Å². The van der Waals surface area contributed by atoms with Crippen LogP contribution in [0.3, 0.4) is 0 Å². The zero-order valence-electron chi connectivity index (χ0n) is 13.5. The summed E-state index contributed by atoms with van der Waals surface area (Å²) in [6.45, 7) is 1.72. The Morgan fingerprint density at radius 2 is 1.91 bits per heavy atom. The minimum atomic E-state index is -1.40. The number of halogens is 2. The normalized spacial score (nSPS) is 21.5. The average Bonchev–Trinajstić information content (AvgIpc) is 3.09. The number of hydrogen-bond donors (Lipinski definition) is 1. The van der Waals surface area contributed by atoms with Crippen LogP contribution in [0, 0.1) is 17.3 Å². The van der Waals surface area contributed by atoms with Gasteiger partial charge in [-0.15, -0.1) is 0 Å². The second-order valence-corrected chi connectivity index (χ2v) is 6.99. The van der Waals surface area contributed by atoms with E-state index in [0.717, 1.165) is 12.8 Å². The molecule has 1 aliphatic rings. The van der Waals surface area contributed by atoms with Gasteiger partial charge in [0.05, 0.1) is 30.9 Å². The first-order chi connectivity index (χ1) is 10.5. The summed E-state index contributed by atoms with van der Waals surface area (Å²) in [6.07, 6.45) is 7.59. The first-order valence-electron chi connectivity index (χ1n) is 8.17. The quantitative estimate of drug-likeness (QED) is 0.839. The van der Waals surface area contributed by atoms with Gasteiger partial charge in [-0.25, -0.2) is 9.67 Å². The van der Waals surface area contributed by atoms with Crippen LogP contribution in [-0.2, 0) is 0 Å². The molecule has 1 heterocycles. The Hall–Kier alpha value is -1.04. The van der Waals surface area contributed by atoms with Gasteiger partial charge in [0.1, 0.15) is 12.7 Å². The molecule has 4 nitrogen and oxygen atoms in total. The summed E-state index contributed by atoms with van der Waals surface area (Å²) in [6, 6.07) is -0.456. The lowest BCUT2D eigenvalue weighted by molar-refractivity contribution is -0.0581. The Kier molecular flexibility index (Phi) is 5.89. The molecular formula is C16H27F2N3O. The Morgan fingerprint density at radius 1 is 1.27 bits per heavy atom. The Labute approximate surface area is 130 Å². The fraction of sp³-hybridized carbons (Fsp3) is 0.875. The van der Waals surface area contributed by atoms with Gasteiger partial charge in [0.25, 0.3) is 0 Å². The lowest BCUT2D eigenvalue weighted by Crippen LogP contribution is -2.46. The van der Waals surface area contributed by atoms with Gasteiger partial charge in [0.15, 0.2) is 0 Å². The van der Waals surface area contributed by atoms with Crippen LogP contribution in [0.2, 0.25) is 0 Å². The van der Waals surface area contributed by atoms with Crippen molar-refractivity contribution in [2.45, 2.75) is 58.1 Å².